The quantitative estimate of drug-likeness (QED) is 0.675. The van der Waals surface area contributed by atoms with Crippen molar-refractivity contribution in [2.45, 2.75) is 0 Å². The molecule has 0 atom stereocenters. The number of methoxy groups -OCH3 is 3. The van der Waals surface area contributed by atoms with Gasteiger partial charge in [-0.15, -0.1) is 0 Å². The molecule has 0 aliphatic carbocycles. The lowest BCUT2D eigenvalue weighted by atomic mass is 10.2. The van der Waals surface area contributed by atoms with Crippen LogP contribution >= 0.6 is 0 Å². The first-order chi connectivity index (χ1) is 12.6. The molecule has 0 saturated heterocycles. The number of rotatable bonds is 6. The minimum atomic E-state index is -0.306. The van der Waals surface area contributed by atoms with Crippen LogP contribution in [0.2, 0.25) is 0 Å². The normalized spacial score (nSPS) is 10.9. The van der Waals surface area contributed by atoms with Crippen LogP contribution in [0.5, 0.6) is 17.2 Å². The summed E-state index contributed by atoms with van der Waals surface area (Å²) in [5.41, 5.74) is 1.30. The highest BCUT2D eigenvalue weighted by atomic mass is 16.5. The predicted octanol–water partition coefficient (Wildman–Crippen LogP) is 4.11. The molecule has 134 valence electrons. The Kier molecular flexibility index (Phi) is 5.12. The molecular formula is C20H19NO5. The lowest BCUT2D eigenvalue weighted by molar-refractivity contribution is -0.111. The van der Waals surface area contributed by atoms with E-state index in [9.17, 15) is 4.79 Å². The number of hydrogen-bond donors (Lipinski definition) is 1. The number of carbonyl (C=O) groups is 1. The number of ether oxygens (including phenoxy) is 3. The van der Waals surface area contributed by atoms with Crippen LogP contribution < -0.4 is 19.5 Å². The second kappa shape index (κ2) is 7.65. The van der Waals surface area contributed by atoms with Crippen LogP contribution in [-0.4, -0.2) is 27.2 Å². The Morgan fingerprint density at radius 3 is 2.31 bits per heavy atom. The molecule has 1 heterocycles. The molecule has 6 heteroatoms. The number of benzene rings is 2. The summed E-state index contributed by atoms with van der Waals surface area (Å²) in [5.74, 6) is 1.68. The van der Waals surface area contributed by atoms with E-state index in [0.29, 0.717) is 28.7 Å². The fraction of sp³-hybridized carbons (Fsp3) is 0.150. The summed E-state index contributed by atoms with van der Waals surface area (Å²) < 4.78 is 21.5. The van der Waals surface area contributed by atoms with Crippen LogP contribution in [0.1, 0.15) is 5.76 Å². The Hall–Kier alpha value is -3.41. The summed E-state index contributed by atoms with van der Waals surface area (Å²) in [5, 5.41) is 3.75. The predicted molar refractivity (Wildman–Crippen MR) is 100.0 cm³/mol. The van der Waals surface area contributed by atoms with Gasteiger partial charge in [0.05, 0.1) is 21.3 Å². The van der Waals surface area contributed by atoms with Gasteiger partial charge in [0, 0.05) is 29.3 Å². The van der Waals surface area contributed by atoms with Gasteiger partial charge in [0.25, 0.3) is 0 Å². The topological polar surface area (TPSA) is 69.9 Å². The van der Waals surface area contributed by atoms with Crippen LogP contribution in [0.3, 0.4) is 0 Å². The molecule has 0 bridgehead atoms. The zero-order valence-corrected chi connectivity index (χ0v) is 14.7. The van der Waals surface area contributed by atoms with Crippen molar-refractivity contribution in [3.63, 3.8) is 0 Å². The van der Waals surface area contributed by atoms with E-state index in [1.54, 1.807) is 18.2 Å². The first-order valence-corrected chi connectivity index (χ1v) is 7.92. The van der Waals surface area contributed by atoms with E-state index in [-0.39, 0.29) is 5.91 Å². The minimum Gasteiger partial charge on any atom is -0.493 e. The fourth-order valence-corrected chi connectivity index (χ4v) is 2.58. The van der Waals surface area contributed by atoms with Crippen LogP contribution in [0, 0.1) is 0 Å². The summed E-state index contributed by atoms with van der Waals surface area (Å²) in [4.78, 5) is 12.2. The Bertz CT molecular complexity index is 900. The summed E-state index contributed by atoms with van der Waals surface area (Å²) in [7, 11) is 4.56. The van der Waals surface area contributed by atoms with E-state index in [4.69, 9.17) is 18.6 Å². The number of carbonyl (C=O) groups excluding carboxylic acids is 1. The molecule has 1 amide bonds. The molecule has 3 rings (SSSR count). The molecule has 0 radical (unpaired) electrons. The third kappa shape index (κ3) is 3.64. The van der Waals surface area contributed by atoms with Gasteiger partial charge < -0.3 is 23.9 Å². The highest BCUT2D eigenvalue weighted by Gasteiger charge is 2.14. The van der Waals surface area contributed by atoms with Crippen molar-refractivity contribution < 1.29 is 23.4 Å². The second-order valence-electron chi connectivity index (χ2n) is 5.42. The standard InChI is InChI=1S/C20H19NO5/c1-23-17-11-14(12-18(24-2)20(17)25-3)21-19(22)9-8-15-10-13-6-4-5-7-16(13)26-15/h4-12H,1-3H3,(H,21,22)/b9-8+. The highest BCUT2D eigenvalue weighted by molar-refractivity contribution is 6.02. The monoisotopic (exact) mass is 353 g/mol. The molecule has 1 N–H and O–H groups in total. The van der Waals surface area contributed by atoms with Crippen molar-refractivity contribution >= 4 is 28.6 Å². The third-order valence-electron chi connectivity index (χ3n) is 3.78. The molecule has 0 saturated carbocycles. The summed E-state index contributed by atoms with van der Waals surface area (Å²) in [6.45, 7) is 0. The Labute approximate surface area is 151 Å². The third-order valence-corrected chi connectivity index (χ3v) is 3.78. The maximum atomic E-state index is 12.2. The molecule has 1 aromatic heterocycles. The van der Waals surface area contributed by atoms with Gasteiger partial charge in [0.15, 0.2) is 11.5 Å². The maximum Gasteiger partial charge on any atom is 0.248 e. The number of furan rings is 1. The molecular weight excluding hydrogens is 334 g/mol. The SMILES string of the molecule is COc1cc(NC(=O)/C=C/c2cc3ccccc3o2)cc(OC)c1OC. The molecule has 3 aromatic rings. The van der Waals surface area contributed by atoms with Gasteiger partial charge in [0.1, 0.15) is 11.3 Å². The zero-order valence-electron chi connectivity index (χ0n) is 14.7. The van der Waals surface area contributed by atoms with E-state index in [1.165, 1.54) is 27.4 Å². The van der Waals surface area contributed by atoms with Gasteiger partial charge in [-0.25, -0.2) is 0 Å². The minimum absolute atomic E-state index is 0.306. The Morgan fingerprint density at radius 1 is 1.00 bits per heavy atom. The van der Waals surface area contributed by atoms with Crippen LogP contribution in [0.15, 0.2) is 53.0 Å². The number of para-hydroxylation sites is 1. The number of nitrogens with one attached hydrogen (secondary N) is 1. The summed E-state index contributed by atoms with van der Waals surface area (Å²) in [6, 6.07) is 12.9. The molecule has 0 aliphatic heterocycles. The van der Waals surface area contributed by atoms with Crippen LogP contribution in [0.25, 0.3) is 17.0 Å². The molecule has 26 heavy (non-hydrogen) atoms. The van der Waals surface area contributed by atoms with Crippen LogP contribution in [0.4, 0.5) is 5.69 Å². The van der Waals surface area contributed by atoms with Gasteiger partial charge >= 0.3 is 0 Å². The Morgan fingerprint density at radius 2 is 1.69 bits per heavy atom. The molecule has 0 fully saturated rings. The molecule has 0 aliphatic rings. The smallest absolute Gasteiger partial charge is 0.248 e. The van der Waals surface area contributed by atoms with E-state index in [1.807, 2.05) is 30.3 Å². The first-order valence-electron chi connectivity index (χ1n) is 7.92. The average Bonchev–Trinajstić information content (AvgIpc) is 3.08. The zero-order chi connectivity index (χ0) is 18.5. The van der Waals surface area contributed by atoms with Crippen LogP contribution in [-0.2, 0) is 4.79 Å². The van der Waals surface area contributed by atoms with Crippen molar-refractivity contribution in [1.82, 2.24) is 0 Å². The van der Waals surface area contributed by atoms with E-state index >= 15 is 0 Å². The second-order valence-corrected chi connectivity index (χ2v) is 5.42. The van der Waals surface area contributed by atoms with Crippen molar-refractivity contribution in [2.75, 3.05) is 26.6 Å². The van der Waals surface area contributed by atoms with E-state index in [2.05, 4.69) is 5.32 Å². The average molecular weight is 353 g/mol. The van der Waals surface area contributed by atoms with E-state index < -0.39 is 0 Å². The first kappa shape index (κ1) is 17.4. The van der Waals surface area contributed by atoms with Crippen molar-refractivity contribution in [3.05, 3.63) is 54.3 Å². The van der Waals surface area contributed by atoms with Gasteiger partial charge in [-0.05, 0) is 18.2 Å². The summed E-state index contributed by atoms with van der Waals surface area (Å²) in [6.07, 6.45) is 3.02. The Balaban J connectivity index is 1.77. The molecule has 2 aromatic carbocycles. The molecule has 6 nitrogen and oxygen atoms in total. The van der Waals surface area contributed by atoms with Gasteiger partial charge in [0.2, 0.25) is 11.7 Å². The largest absolute Gasteiger partial charge is 0.493 e. The lowest BCUT2D eigenvalue weighted by Gasteiger charge is -2.14. The van der Waals surface area contributed by atoms with Crippen molar-refractivity contribution in [1.29, 1.82) is 0 Å². The summed E-state index contributed by atoms with van der Waals surface area (Å²) >= 11 is 0. The number of anilines is 1. The molecule has 0 unspecified atom stereocenters. The number of amides is 1. The maximum absolute atomic E-state index is 12.2. The molecule has 0 spiro atoms. The fourth-order valence-electron chi connectivity index (χ4n) is 2.58. The van der Waals surface area contributed by atoms with E-state index in [0.717, 1.165) is 11.0 Å². The van der Waals surface area contributed by atoms with Gasteiger partial charge in [-0.1, -0.05) is 18.2 Å². The van der Waals surface area contributed by atoms with Gasteiger partial charge in [-0.3, -0.25) is 4.79 Å². The van der Waals surface area contributed by atoms with Crippen molar-refractivity contribution in [2.24, 2.45) is 0 Å². The van der Waals surface area contributed by atoms with Crippen molar-refractivity contribution in [3.8, 4) is 17.2 Å². The lowest BCUT2D eigenvalue weighted by Crippen LogP contribution is -2.08. The highest BCUT2D eigenvalue weighted by Crippen LogP contribution is 2.39. The number of fused-ring (bicyclic) bond motifs is 1. The van der Waals surface area contributed by atoms with Gasteiger partial charge in [-0.2, -0.15) is 0 Å². The number of hydrogen-bond acceptors (Lipinski definition) is 5.